The van der Waals surface area contributed by atoms with Crippen molar-refractivity contribution in [2.45, 2.75) is 124 Å². The van der Waals surface area contributed by atoms with E-state index >= 15 is 0 Å². The minimum atomic E-state index is -0.290. The number of carbonyl (C=O) groups is 1. The Labute approximate surface area is 196 Å². The maximum atomic E-state index is 11.5. The van der Waals surface area contributed by atoms with Crippen LogP contribution < -0.4 is 0 Å². The standard InChI is InChI=1S/C29H48O3/c1-18(2)8-7-9-19(3)23-10-11-24-22-17-27(31)26-16-21(32-20(4)30)12-14-29(26,6)25(22)13-15-28(23,24)5/h18-19,21,23-24,26-27,31H,7-17H2,1-6H3/t19-,21+,23-,24+,26-,27+,28-,29-/m1/s1. The molecule has 0 saturated heterocycles. The highest BCUT2D eigenvalue weighted by molar-refractivity contribution is 5.66. The molecule has 0 aliphatic heterocycles. The van der Waals surface area contributed by atoms with E-state index in [1.807, 2.05) is 0 Å². The average molecular weight is 445 g/mol. The predicted molar refractivity (Wildman–Crippen MR) is 130 cm³/mol. The summed E-state index contributed by atoms with van der Waals surface area (Å²) in [6.45, 7) is 13.7. The van der Waals surface area contributed by atoms with Gasteiger partial charge in [-0.05, 0) is 91.8 Å². The number of hydrogen-bond acceptors (Lipinski definition) is 3. The molecule has 0 radical (unpaired) electrons. The molecule has 32 heavy (non-hydrogen) atoms. The lowest BCUT2D eigenvalue weighted by Gasteiger charge is -2.56. The summed E-state index contributed by atoms with van der Waals surface area (Å²) in [5.41, 5.74) is 3.84. The molecule has 0 aromatic heterocycles. The molecule has 0 heterocycles. The number of ether oxygens (including phenoxy) is 1. The van der Waals surface area contributed by atoms with Crippen LogP contribution in [0.4, 0.5) is 0 Å². The maximum absolute atomic E-state index is 11.5. The van der Waals surface area contributed by atoms with Gasteiger partial charge in [0.05, 0.1) is 6.10 Å². The molecular weight excluding hydrogens is 396 g/mol. The van der Waals surface area contributed by atoms with Crippen LogP contribution in [-0.2, 0) is 9.53 Å². The third kappa shape index (κ3) is 4.21. The van der Waals surface area contributed by atoms with Crippen LogP contribution in [0, 0.1) is 40.4 Å². The number of carbonyl (C=O) groups excluding carboxylic acids is 1. The van der Waals surface area contributed by atoms with Gasteiger partial charge in [-0.25, -0.2) is 0 Å². The minimum absolute atomic E-state index is 0.0150. The van der Waals surface area contributed by atoms with Crippen molar-refractivity contribution in [1.82, 2.24) is 0 Å². The van der Waals surface area contributed by atoms with Crippen molar-refractivity contribution in [3.63, 3.8) is 0 Å². The smallest absolute Gasteiger partial charge is 0.302 e. The van der Waals surface area contributed by atoms with E-state index in [1.54, 1.807) is 11.1 Å². The first kappa shape index (κ1) is 24.3. The van der Waals surface area contributed by atoms with Gasteiger partial charge < -0.3 is 9.84 Å². The highest BCUT2D eigenvalue weighted by atomic mass is 16.5. The molecule has 2 fully saturated rings. The molecule has 182 valence electrons. The number of rotatable bonds is 6. The fourth-order valence-corrected chi connectivity index (χ4v) is 8.84. The average Bonchev–Trinajstić information content (AvgIpc) is 3.06. The van der Waals surface area contributed by atoms with Crippen LogP contribution in [0.1, 0.15) is 112 Å². The Morgan fingerprint density at radius 2 is 1.88 bits per heavy atom. The number of hydrogen-bond donors (Lipinski definition) is 1. The fraction of sp³-hybridized carbons (Fsp3) is 0.897. The summed E-state index contributed by atoms with van der Waals surface area (Å²) in [6.07, 6.45) is 12.7. The molecule has 3 heteroatoms. The minimum Gasteiger partial charge on any atom is -0.463 e. The molecular formula is C29H48O3. The number of esters is 1. The Morgan fingerprint density at radius 1 is 1.12 bits per heavy atom. The van der Waals surface area contributed by atoms with E-state index < -0.39 is 0 Å². The summed E-state index contributed by atoms with van der Waals surface area (Å²) >= 11 is 0. The van der Waals surface area contributed by atoms with Crippen LogP contribution in [0.25, 0.3) is 0 Å². The van der Waals surface area contributed by atoms with Crippen molar-refractivity contribution in [3.05, 3.63) is 11.1 Å². The number of fused-ring (bicyclic) bond motifs is 4. The zero-order valence-corrected chi connectivity index (χ0v) is 21.6. The van der Waals surface area contributed by atoms with Gasteiger partial charge in [0.2, 0.25) is 0 Å². The van der Waals surface area contributed by atoms with Crippen LogP contribution in [-0.4, -0.2) is 23.3 Å². The van der Waals surface area contributed by atoms with Crippen LogP contribution in [0.5, 0.6) is 0 Å². The van der Waals surface area contributed by atoms with Crippen molar-refractivity contribution in [3.8, 4) is 0 Å². The second kappa shape index (κ2) is 9.08. The molecule has 0 spiro atoms. The van der Waals surface area contributed by atoms with Gasteiger partial charge in [-0.2, -0.15) is 0 Å². The molecule has 0 aromatic rings. The van der Waals surface area contributed by atoms with Gasteiger partial charge in [0, 0.05) is 6.92 Å². The van der Waals surface area contributed by atoms with Crippen LogP contribution in [0.2, 0.25) is 0 Å². The van der Waals surface area contributed by atoms with Gasteiger partial charge in [-0.1, -0.05) is 65.0 Å². The Hall–Kier alpha value is -0.830. The van der Waals surface area contributed by atoms with E-state index in [9.17, 15) is 9.90 Å². The van der Waals surface area contributed by atoms with E-state index in [4.69, 9.17) is 4.74 Å². The lowest BCUT2D eigenvalue weighted by Crippen LogP contribution is -2.51. The highest BCUT2D eigenvalue weighted by Crippen LogP contribution is 2.66. The molecule has 4 aliphatic carbocycles. The first-order valence-electron chi connectivity index (χ1n) is 13.6. The zero-order chi connectivity index (χ0) is 23.3. The van der Waals surface area contributed by atoms with E-state index in [-0.39, 0.29) is 29.5 Å². The first-order valence-corrected chi connectivity index (χ1v) is 13.6. The molecule has 1 N–H and O–H groups in total. The summed E-state index contributed by atoms with van der Waals surface area (Å²) in [5, 5.41) is 11.3. The Balaban J connectivity index is 1.53. The lowest BCUT2D eigenvalue weighted by atomic mass is 9.50. The van der Waals surface area contributed by atoms with Crippen molar-refractivity contribution in [1.29, 1.82) is 0 Å². The van der Waals surface area contributed by atoms with Crippen molar-refractivity contribution < 1.29 is 14.6 Å². The van der Waals surface area contributed by atoms with E-state index in [0.29, 0.717) is 11.3 Å². The summed E-state index contributed by atoms with van der Waals surface area (Å²) in [4.78, 5) is 11.5. The molecule has 0 bridgehead atoms. The van der Waals surface area contributed by atoms with Crippen LogP contribution in [0.3, 0.4) is 0 Å². The first-order chi connectivity index (χ1) is 15.1. The highest BCUT2D eigenvalue weighted by Gasteiger charge is 2.57. The summed E-state index contributed by atoms with van der Waals surface area (Å²) in [5.74, 6) is 3.16. The quantitative estimate of drug-likeness (QED) is 0.352. The molecule has 8 atom stereocenters. The van der Waals surface area contributed by atoms with Gasteiger partial charge >= 0.3 is 5.97 Å². The third-order valence-corrected chi connectivity index (χ3v) is 10.5. The second-order valence-electron chi connectivity index (χ2n) is 12.8. The molecule has 2 saturated carbocycles. The number of aliphatic hydroxyl groups is 1. The molecule has 0 aromatic carbocycles. The summed E-state index contributed by atoms with van der Waals surface area (Å²) in [7, 11) is 0. The zero-order valence-electron chi connectivity index (χ0n) is 21.6. The Bertz CT molecular complexity index is 739. The van der Waals surface area contributed by atoms with Gasteiger partial charge in [0.15, 0.2) is 0 Å². The van der Waals surface area contributed by atoms with Crippen LogP contribution in [0.15, 0.2) is 11.1 Å². The van der Waals surface area contributed by atoms with E-state index in [2.05, 4.69) is 34.6 Å². The SMILES string of the molecule is CC(=O)O[C@H]1CC[C@]2(C)C3=C(C[C@H](O)[C@H]2C1)[C@@H]1CC[C@H]([C@H](C)CCCC(C)C)[C@@]1(C)CC3. The lowest BCUT2D eigenvalue weighted by molar-refractivity contribution is -0.152. The topological polar surface area (TPSA) is 46.5 Å². The predicted octanol–water partition coefficient (Wildman–Crippen LogP) is 7.07. The largest absolute Gasteiger partial charge is 0.463 e. The Kier molecular flexibility index (Phi) is 6.90. The molecule has 4 aliphatic rings. The monoisotopic (exact) mass is 444 g/mol. The second-order valence-corrected chi connectivity index (χ2v) is 12.8. The number of aliphatic hydroxyl groups excluding tert-OH is 1. The summed E-state index contributed by atoms with van der Waals surface area (Å²) in [6, 6.07) is 0. The Morgan fingerprint density at radius 3 is 2.56 bits per heavy atom. The number of allylic oxidation sites excluding steroid dienone is 1. The van der Waals surface area contributed by atoms with E-state index in [1.165, 1.54) is 51.9 Å². The third-order valence-electron chi connectivity index (χ3n) is 10.5. The molecule has 4 rings (SSSR count). The normalized spacial score (nSPS) is 42.3. The van der Waals surface area contributed by atoms with Gasteiger partial charge in [-0.15, -0.1) is 0 Å². The molecule has 3 nitrogen and oxygen atoms in total. The molecule has 0 unspecified atom stereocenters. The van der Waals surface area contributed by atoms with Crippen molar-refractivity contribution >= 4 is 5.97 Å². The molecule has 0 amide bonds. The van der Waals surface area contributed by atoms with Gasteiger partial charge in [0.25, 0.3) is 0 Å². The van der Waals surface area contributed by atoms with Gasteiger partial charge in [-0.3, -0.25) is 4.79 Å². The fourth-order valence-electron chi connectivity index (χ4n) is 8.84. The van der Waals surface area contributed by atoms with Crippen LogP contribution >= 0.6 is 0 Å². The summed E-state index contributed by atoms with van der Waals surface area (Å²) < 4.78 is 5.58. The van der Waals surface area contributed by atoms with Crippen molar-refractivity contribution in [2.75, 3.05) is 0 Å². The van der Waals surface area contributed by atoms with Crippen molar-refractivity contribution in [2.24, 2.45) is 40.4 Å². The van der Waals surface area contributed by atoms with Gasteiger partial charge in [0.1, 0.15) is 6.10 Å². The van der Waals surface area contributed by atoms with E-state index in [0.717, 1.165) is 43.4 Å². The maximum Gasteiger partial charge on any atom is 0.302 e.